The number of nitrogens with one attached hydrogen (secondary N) is 1. The minimum atomic E-state index is -0.292. The van der Waals surface area contributed by atoms with Crippen molar-refractivity contribution in [2.45, 2.75) is 0 Å². The van der Waals surface area contributed by atoms with Gasteiger partial charge in [-0.15, -0.1) is 0 Å². The highest BCUT2D eigenvalue weighted by molar-refractivity contribution is 9.10. The highest BCUT2D eigenvalue weighted by Gasteiger charge is 2.12. The van der Waals surface area contributed by atoms with Crippen molar-refractivity contribution in [2.24, 2.45) is 0 Å². The minimum absolute atomic E-state index is 0.270. The summed E-state index contributed by atoms with van der Waals surface area (Å²) in [6, 6.07) is 10.8. The van der Waals surface area contributed by atoms with E-state index in [9.17, 15) is 4.79 Å². The number of pyridine rings is 1. The Kier molecular flexibility index (Phi) is 3.05. The molecule has 0 radical (unpaired) electrons. The summed E-state index contributed by atoms with van der Waals surface area (Å²) in [4.78, 5) is 16.3. The van der Waals surface area contributed by atoms with Gasteiger partial charge < -0.3 is 9.73 Å². The number of anilines is 1. The van der Waals surface area contributed by atoms with E-state index in [0.717, 1.165) is 15.4 Å². The van der Waals surface area contributed by atoms with E-state index in [4.69, 9.17) is 4.42 Å². The SMILES string of the molecule is O=C(Nc1ccc(Br)c2cccnc12)c1ccco1. The highest BCUT2D eigenvalue weighted by atomic mass is 79.9. The number of fused-ring (bicyclic) bond motifs is 1. The number of amides is 1. The molecule has 0 aliphatic rings. The van der Waals surface area contributed by atoms with Gasteiger partial charge in [0.25, 0.3) is 5.91 Å². The quantitative estimate of drug-likeness (QED) is 0.781. The number of benzene rings is 1. The summed E-state index contributed by atoms with van der Waals surface area (Å²) in [5, 5.41) is 3.74. The Morgan fingerprint density at radius 1 is 1.21 bits per heavy atom. The zero-order valence-electron chi connectivity index (χ0n) is 9.76. The van der Waals surface area contributed by atoms with Gasteiger partial charge in [-0.2, -0.15) is 0 Å². The standard InChI is InChI=1S/C14H9BrN2O2/c15-10-5-6-11(13-9(10)3-1-7-16-13)17-14(18)12-4-2-8-19-12/h1-8H,(H,17,18). The van der Waals surface area contributed by atoms with Crippen LogP contribution in [0.2, 0.25) is 0 Å². The summed E-state index contributed by atoms with van der Waals surface area (Å²) in [5.41, 5.74) is 1.39. The van der Waals surface area contributed by atoms with Gasteiger partial charge in [0.15, 0.2) is 5.76 Å². The molecule has 3 aromatic rings. The predicted molar refractivity (Wildman–Crippen MR) is 76.1 cm³/mol. The lowest BCUT2D eigenvalue weighted by Gasteiger charge is -2.07. The monoisotopic (exact) mass is 316 g/mol. The molecule has 3 rings (SSSR count). The number of hydrogen-bond acceptors (Lipinski definition) is 3. The van der Waals surface area contributed by atoms with Crippen molar-refractivity contribution in [3.05, 3.63) is 59.1 Å². The van der Waals surface area contributed by atoms with Crippen molar-refractivity contribution >= 4 is 38.4 Å². The molecule has 0 fully saturated rings. The summed E-state index contributed by atoms with van der Waals surface area (Å²) in [7, 11) is 0. The zero-order chi connectivity index (χ0) is 13.2. The van der Waals surface area contributed by atoms with Crippen molar-refractivity contribution in [3.8, 4) is 0 Å². The third-order valence-corrected chi connectivity index (χ3v) is 3.40. The Labute approximate surface area is 117 Å². The molecule has 4 nitrogen and oxygen atoms in total. The number of hydrogen-bond donors (Lipinski definition) is 1. The molecular weight excluding hydrogens is 308 g/mol. The van der Waals surface area contributed by atoms with Gasteiger partial charge in [0.2, 0.25) is 0 Å². The lowest BCUT2D eigenvalue weighted by atomic mass is 10.2. The van der Waals surface area contributed by atoms with Crippen LogP contribution in [0.15, 0.2) is 57.7 Å². The zero-order valence-corrected chi connectivity index (χ0v) is 11.3. The second-order valence-electron chi connectivity index (χ2n) is 3.93. The number of furan rings is 1. The molecule has 0 saturated carbocycles. The van der Waals surface area contributed by atoms with Gasteiger partial charge in [-0.05, 0) is 30.3 Å². The molecule has 1 N–H and O–H groups in total. The second kappa shape index (κ2) is 4.85. The molecule has 0 unspecified atom stereocenters. The van der Waals surface area contributed by atoms with E-state index in [2.05, 4.69) is 26.2 Å². The van der Waals surface area contributed by atoms with E-state index in [-0.39, 0.29) is 11.7 Å². The van der Waals surface area contributed by atoms with Crippen LogP contribution in [0.25, 0.3) is 10.9 Å². The van der Waals surface area contributed by atoms with Crippen LogP contribution in [0, 0.1) is 0 Å². The van der Waals surface area contributed by atoms with Gasteiger partial charge in [0.1, 0.15) is 0 Å². The molecule has 2 heterocycles. The van der Waals surface area contributed by atoms with Gasteiger partial charge in [0, 0.05) is 16.1 Å². The lowest BCUT2D eigenvalue weighted by molar-refractivity contribution is 0.0997. The van der Waals surface area contributed by atoms with Crippen molar-refractivity contribution in [1.29, 1.82) is 0 Å². The van der Waals surface area contributed by atoms with E-state index in [1.807, 2.05) is 18.2 Å². The Balaban J connectivity index is 2.02. The first kappa shape index (κ1) is 11.9. The Hall–Kier alpha value is -2.14. The molecule has 0 spiro atoms. The fourth-order valence-corrected chi connectivity index (χ4v) is 2.28. The first-order chi connectivity index (χ1) is 9.25. The molecule has 19 heavy (non-hydrogen) atoms. The summed E-state index contributed by atoms with van der Waals surface area (Å²) in [6.45, 7) is 0. The van der Waals surface area contributed by atoms with Crippen molar-refractivity contribution in [2.75, 3.05) is 5.32 Å². The molecule has 5 heteroatoms. The smallest absolute Gasteiger partial charge is 0.291 e. The minimum Gasteiger partial charge on any atom is -0.459 e. The normalized spacial score (nSPS) is 10.6. The molecule has 1 aromatic carbocycles. The van der Waals surface area contributed by atoms with Gasteiger partial charge >= 0.3 is 0 Å². The highest BCUT2D eigenvalue weighted by Crippen LogP contribution is 2.28. The maximum atomic E-state index is 12.0. The number of carbonyl (C=O) groups is 1. The first-order valence-corrected chi connectivity index (χ1v) is 6.43. The van der Waals surface area contributed by atoms with Crippen LogP contribution in [-0.2, 0) is 0 Å². The summed E-state index contributed by atoms with van der Waals surface area (Å²) >= 11 is 3.46. The van der Waals surface area contributed by atoms with E-state index < -0.39 is 0 Å². The lowest BCUT2D eigenvalue weighted by Crippen LogP contribution is -2.11. The van der Waals surface area contributed by atoms with Crippen molar-refractivity contribution < 1.29 is 9.21 Å². The maximum absolute atomic E-state index is 12.0. The van der Waals surface area contributed by atoms with E-state index >= 15 is 0 Å². The summed E-state index contributed by atoms with van der Waals surface area (Å²) < 4.78 is 6.00. The molecule has 0 aliphatic heterocycles. The van der Waals surface area contributed by atoms with Crippen LogP contribution in [-0.4, -0.2) is 10.9 Å². The van der Waals surface area contributed by atoms with E-state index in [1.165, 1.54) is 6.26 Å². The van der Waals surface area contributed by atoms with Gasteiger partial charge in [-0.25, -0.2) is 0 Å². The van der Waals surface area contributed by atoms with E-state index in [0.29, 0.717) is 5.69 Å². The van der Waals surface area contributed by atoms with Crippen LogP contribution >= 0.6 is 15.9 Å². The molecule has 2 aromatic heterocycles. The Morgan fingerprint density at radius 3 is 2.89 bits per heavy atom. The average molecular weight is 317 g/mol. The first-order valence-electron chi connectivity index (χ1n) is 5.64. The summed E-state index contributed by atoms with van der Waals surface area (Å²) in [5.74, 6) is -0.0220. The summed E-state index contributed by atoms with van der Waals surface area (Å²) in [6.07, 6.45) is 3.16. The van der Waals surface area contributed by atoms with E-state index in [1.54, 1.807) is 24.4 Å². The molecule has 0 aliphatic carbocycles. The average Bonchev–Trinajstić information content (AvgIpc) is 2.96. The van der Waals surface area contributed by atoms with Gasteiger partial charge in [-0.3, -0.25) is 9.78 Å². The van der Waals surface area contributed by atoms with Crippen LogP contribution in [0.5, 0.6) is 0 Å². The molecule has 1 amide bonds. The number of rotatable bonds is 2. The fourth-order valence-electron chi connectivity index (χ4n) is 1.83. The molecule has 0 saturated heterocycles. The van der Waals surface area contributed by atoms with Crippen LogP contribution in [0.4, 0.5) is 5.69 Å². The predicted octanol–water partition coefficient (Wildman–Crippen LogP) is 3.84. The second-order valence-corrected chi connectivity index (χ2v) is 4.78. The van der Waals surface area contributed by atoms with Crippen molar-refractivity contribution in [1.82, 2.24) is 4.98 Å². The number of halogens is 1. The van der Waals surface area contributed by atoms with Gasteiger partial charge in [-0.1, -0.05) is 22.0 Å². The van der Waals surface area contributed by atoms with Crippen LogP contribution in [0.3, 0.4) is 0 Å². The Bertz CT molecular complexity index is 738. The molecule has 0 atom stereocenters. The third kappa shape index (κ3) is 2.24. The third-order valence-electron chi connectivity index (χ3n) is 2.71. The molecule has 0 bridgehead atoms. The molecular formula is C14H9BrN2O2. The Morgan fingerprint density at radius 2 is 2.11 bits per heavy atom. The molecule has 94 valence electrons. The maximum Gasteiger partial charge on any atom is 0.291 e. The number of carbonyl (C=O) groups excluding carboxylic acids is 1. The largest absolute Gasteiger partial charge is 0.459 e. The van der Waals surface area contributed by atoms with Crippen LogP contribution in [0.1, 0.15) is 10.6 Å². The van der Waals surface area contributed by atoms with Crippen molar-refractivity contribution in [3.63, 3.8) is 0 Å². The van der Waals surface area contributed by atoms with Crippen LogP contribution < -0.4 is 5.32 Å². The van der Waals surface area contributed by atoms with Gasteiger partial charge in [0.05, 0.1) is 17.5 Å². The topological polar surface area (TPSA) is 55.1 Å². The number of aromatic nitrogens is 1. The fraction of sp³-hybridized carbons (Fsp3) is 0. The number of nitrogens with zero attached hydrogens (tertiary/aromatic N) is 1.